The molecule has 0 heterocycles. The Morgan fingerprint density at radius 1 is 1.29 bits per heavy atom. The smallest absolute Gasteiger partial charge is 0.409 e. The molecular formula is C10H10F3NO3. The monoisotopic (exact) mass is 249 g/mol. The summed E-state index contributed by atoms with van der Waals surface area (Å²) < 4.78 is 48.6. The molecule has 0 radical (unpaired) electrons. The highest BCUT2D eigenvalue weighted by Gasteiger charge is 2.22. The van der Waals surface area contributed by atoms with E-state index >= 15 is 0 Å². The van der Waals surface area contributed by atoms with E-state index in [0.29, 0.717) is 0 Å². The minimum Gasteiger partial charge on any atom is -0.494 e. The molecule has 94 valence electrons. The molecule has 7 heteroatoms. The van der Waals surface area contributed by atoms with Crippen LogP contribution in [0.5, 0.6) is 5.75 Å². The van der Waals surface area contributed by atoms with Crippen molar-refractivity contribution in [1.82, 2.24) is 5.32 Å². The fourth-order valence-electron chi connectivity index (χ4n) is 1.14. The number of hydrogen-bond donors (Lipinski definition) is 1. The molecule has 1 aromatic carbocycles. The van der Waals surface area contributed by atoms with Gasteiger partial charge in [-0.25, -0.2) is 13.6 Å². The molecule has 0 saturated heterocycles. The number of carbonyl (C=O) groups excluding carboxylic acids is 1. The van der Waals surface area contributed by atoms with E-state index in [9.17, 15) is 18.0 Å². The first kappa shape index (κ1) is 13.1. The number of alkyl halides is 1. The maximum Gasteiger partial charge on any atom is 0.409 e. The van der Waals surface area contributed by atoms with Crippen LogP contribution in [0.15, 0.2) is 12.1 Å². The van der Waals surface area contributed by atoms with Gasteiger partial charge in [-0.15, -0.1) is 0 Å². The van der Waals surface area contributed by atoms with Crippen LogP contribution in [0, 0.1) is 11.6 Å². The van der Waals surface area contributed by atoms with Crippen molar-refractivity contribution in [2.75, 3.05) is 14.2 Å². The van der Waals surface area contributed by atoms with Gasteiger partial charge >= 0.3 is 6.09 Å². The lowest BCUT2D eigenvalue weighted by Crippen LogP contribution is -2.26. The van der Waals surface area contributed by atoms with Crippen molar-refractivity contribution in [3.63, 3.8) is 0 Å². The van der Waals surface area contributed by atoms with E-state index in [4.69, 9.17) is 0 Å². The van der Waals surface area contributed by atoms with E-state index in [1.54, 1.807) is 5.32 Å². The van der Waals surface area contributed by atoms with Crippen LogP contribution in [-0.4, -0.2) is 20.3 Å². The Labute approximate surface area is 95.3 Å². The quantitative estimate of drug-likeness (QED) is 0.836. The SMILES string of the molecule is COC(=O)NC(F)c1ccc(OC)c(F)c1F. The molecule has 1 rings (SSSR count). The zero-order chi connectivity index (χ0) is 13.0. The van der Waals surface area contributed by atoms with Gasteiger partial charge in [0, 0.05) is 5.56 Å². The third-order valence-corrected chi connectivity index (χ3v) is 2.00. The van der Waals surface area contributed by atoms with Gasteiger partial charge in [0.05, 0.1) is 14.2 Å². The van der Waals surface area contributed by atoms with Gasteiger partial charge in [0.25, 0.3) is 0 Å². The van der Waals surface area contributed by atoms with Crippen molar-refractivity contribution in [3.8, 4) is 5.75 Å². The Morgan fingerprint density at radius 2 is 1.94 bits per heavy atom. The number of carbonyl (C=O) groups is 1. The molecule has 0 bridgehead atoms. The van der Waals surface area contributed by atoms with Gasteiger partial charge in [0.2, 0.25) is 12.1 Å². The maximum absolute atomic E-state index is 13.4. The first-order valence-corrected chi connectivity index (χ1v) is 4.51. The summed E-state index contributed by atoms with van der Waals surface area (Å²) >= 11 is 0. The number of halogens is 3. The van der Waals surface area contributed by atoms with Gasteiger partial charge in [-0.3, -0.25) is 5.32 Å². The summed E-state index contributed by atoms with van der Waals surface area (Å²) in [5.74, 6) is -3.09. The van der Waals surface area contributed by atoms with Crippen LogP contribution >= 0.6 is 0 Å². The van der Waals surface area contributed by atoms with Crippen LogP contribution in [0.2, 0.25) is 0 Å². The fraction of sp³-hybridized carbons (Fsp3) is 0.300. The number of benzene rings is 1. The number of nitrogens with one attached hydrogen (secondary N) is 1. The van der Waals surface area contributed by atoms with Gasteiger partial charge in [0.15, 0.2) is 11.6 Å². The van der Waals surface area contributed by atoms with E-state index in [-0.39, 0.29) is 5.75 Å². The number of hydrogen-bond acceptors (Lipinski definition) is 3. The van der Waals surface area contributed by atoms with E-state index in [1.807, 2.05) is 0 Å². The standard InChI is InChI=1S/C10H10F3NO3/c1-16-6-4-3-5(7(11)8(6)12)9(13)14-10(15)17-2/h3-4,9H,1-2H3,(H,14,15). The van der Waals surface area contributed by atoms with Crippen LogP contribution in [0.25, 0.3) is 0 Å². The lowest BCUT2D eigenvalue weighted by molar-refractivity contribution is 0.151. The summed E-state index contributed by atoms with van der Waals surface area (Å²) in [7, 11) is 2.17. The highest BCUT2D eigenvalue weighted by atomic mass is 19.2. The second-order valence-electron chi connectivity index (χ2n) is 2.98. The van der Waals surface area contributed by atoms with Crippen molar-refractivity contribution in [3.05, 3.63) is 29.3 Å². The largest absolute Gasteiger partial charge is 0.494 e. The summed E-state index contributed by atoms with van der Waals surface area (Å²) in [5.41, 5.74) is -0.645. The summed E-state index contributed by atoms with van der Waals surface area (Å²) in [6.45, 7) is 0. The number of rotatable bonds is 3. The molecule has 0 aromatic heterocycles. The number of amides is 1. The maximum atomic E-state index is 13.4. The Kier molecular flexibility index (Phi) is 4.19. The summed E-state index contributed by atoms with van der Waals surface area (Å²) in [4.78, 5) is 10.7. The minimum absolute atomic E-state index is 0.350. The van der Waals surface area contributed by atoms with Crippen molar-refractivity contribution in [1.29, 1.82) is 0 Å². The molecule has 0 aliphatic heterocycles. The van der Waals surface area contributed by atoms with Crippen molar-refractivity contribution in [2.45, 2.75) is 6.30 Å². The van der Waals surface area contributed by atoms with Crippen molar-refractivity contribution >= 4 is 6.09 Å². The van der Waals surface area contributed by atoms with Gasteiger partial charge in [-0.05, 0) is 12.1 Å². The second kappa shape index (κ2) is 5.42. The molecule has 1 amide bonds. The molecule has 0 aliphatic rings. The van der Waals surface area contributed by atoms with Crippen molar-refractivity contribution < 1.29 is 27.4 Å². The first-order chi connectivity index (χ1) is 8.01. The summed E-state index contributed by atoms with van der Waals surface area (Å²) in [6, 6.07) is 2.02. The first-order valence-electron chi connectivity index (χ1n) is 4.51. The lowest BCUT2D eigenvalue weighted by atomic mass is 10.1. The van der Waals surface area contributed by atoms with Gasteiger partial charge in [-0.1, -0.05) is 0 Å². The van der Waals surface area contributed by atoms with Crippen LogP contribution in [0.3, 0.4) is 0 Å². The van der Waals surface area contributed by atoms with Crippen LogP contribution in [0.1, 0.15) is 11.9 Å². The number of alkyl carbamates (subject to hydrolysis) is 1. The zero-order valence-corrected chi connectivity index (χ0v) is 9.09. The number of ether oxygens (including phenoxy) is 2. The topological polar surface area (TPSA) is 47.6 Å². The van der Waals surface area contributed by atoms with Crippen LogP contribution in [0.4, 0.5) is 18.0 Å². The Hall–Kier alpha value is -1.92. The molecule has 0 fully saturated rings. The molecule has 4 nitrogen and oxygen atoms in total. The summed E-state index contributed by atoms with van der Waals surface area (Å²) in [5, 5.41) is 1.68. The predicted molar refractivity (Wildman–Crippen MR) is 52.3 cm³/mol. The second-order valence-corrected chi connectivity index (χ2v) is 2.98. The Bertz CT molecular complexity index is 426. The van der Waals surface area contributed by atoms with Crippen molar-refractivity contribution in [2.24, 2.45) is 0 Å². The van der Waals surface area contributed by atoms with Gasteiger partial charge in [0.1, 0.15) is 0 Å². The highest BCUT2D eigenvalue weighted by molar-refractivity contribution is 5.67. The zero-order valence-electron chi connectivity index (χ0n) is 9.09. The highest BCUT2D eigenvalue weighted by Crippen LogP contribution is 2.26. The average molecular weight is 249 g/mol. The van der Waals surface area contributed by atoms with Gasteiger partial charge < -0.3 is 9.47 Å². The third kappa shape index (κ3) is 2.80. The predicted octanol–water partition coefficient (Wildman–Crippen LogP) is 2.30. The molecule has 1 atom stereocenters. The lowest BCUT2D eigenvalue weighted by Gasteiger charge is -2.12. The average Bonchev–Trinajstić information content (AvgIpc) is 2.32. The molecule has 1 N–H and O–H groups in total. The van der Waals surface area contributed by atoms with E-state index in [1.165, 1.54) is 0 Å². The third-order valence-electron chi connectivity index (χ3n) is 2.00. The Morgan fingerprint density at radius 3 is 2.47 bits per heavy atom. The molecule has 0 saturated carbocycles. The van der Waals surface area contributed by atoms with E-state index < -0.39 is 29.6 Å². The molecule has 1 aromatic rings. The molecule has 0 aliphatic carbocycles. The molecule has 17 heavy (non-hydrogen) atoms. The van der Waals surface area contributed by atoms with Crippen LogP contribution in [-0.2, 0) is 4.74 Å². The summed E-state index contributed by atoms with van der Waals surface area (Å²) in [6.07, 6.45) is -3.30. The van der Waals surface area contributed by atoms with E-state index in [0.717, 1.165) is 26.4 Å². The molecule has 0 spiro atoms. The molecular weight excluding hydrogens is 239 g/mol. The Balaban J connectivity index is 2.99. The van der Waals surface area contributed by atoms with Gasteiger partial charge in [-0.2, -0.15) is 4.39 Å². The molecule has 1 unspecified atom stereocenters. The number of methoxy groups -OCH3 is 2. The fourth-order valence-corrected chi connectivity index (χ4v) is 1.14. The normalized spacial score (nSPS) is 11.8. The van der Waals surface area contributed by atoms with E-state index in [2.05, 4.69) is 9.47 Å². The van der Waals surface area contributed by atoms with Crippen LogP contribution < -0.4 is 10.1 Å². The minimum atomic E-state index is -2.21.